The molecule has 0 aromatic heterocycles. The summed E-state index contributed by atoms with van der Waals surface area (Å²) in [5.74, 6) is -0.843. The molecule has 2 aromatic carbocycles. The highest BCUT2D eigenvalue weighted by Gasteiger charge is 2.31. The molecule has 0 radical (unpaired) electrons. The second-order valence-electron chi connectivity index (χ2n) is 8.71. The van der Waals surface area contributed by atoms with Crippen LogP contribution in [0.25, 0.3) is 0 Å². The van der Waals surface area contributed by atoms with Crippen LogP contribution in [-0.2, 0) is 26.2 Å². The van der Waals surface area contributed by atoms with E-state index in [1.807, 2.05) is 0 Å². The first-order valence-electron chi connectivity index (χ1n) is 11.2. The lowest BCUT2D eigenvalue weighted by Gasteiger charge is -2.32. The van der Waals surface area contributed by atoms with Gasteiger partial charge in [0, 0.05) is 27.7 Å². The average molecular weight is 561 g/mol. The van der Waals surface area contributed by atoms with Gasteiger partial charge in [0.15, 0.2) is 0 Å². The fraction of sp³-hybridized carbons (Fsp3) is 0.417. The van der Waals surface area contributed by atoms with Gasteiger partial charge in [0.25, 0.3) is 0 Å². The van der Waals surface area contributed by atoms with Crippen LogP contribution < -0.4 is 9.62 Å². The number of sulfonamides is 1. The zero-order chi connectivity index (χ0) is 25.8. The van der Waals surface area contributed by atoms with Crippen molar-refractivity contribution in [2.75, 3.05) is 17.1 Å². The molecule has 0 heterocycles. The van der Waals surface area contributed by atoms with E-state index in [1.165, 1.54) is 23.1 Å². The molecule has 1 atom stereocenters. The van der Waals surface area contributed by atoms with Gasteiger partial charge in [0.1, 0.15) is 12.6 Å². The Kier molecular flexibility index (Phi) is 9.32. The molecular weight excluding hydrogens is 533 g/mol. The van der Waals surface area contributed by atoms with Gasteiger partial charge in [-0.2, -0.15) is 0 Å². The van der Waals surface area contributed by atoms with Crippen molar-refractivity contribution in [2.45, 2.75) is 51.2 Å². The number of carbonyl (C=O) groups excluding carboxylic acids is 2. The second kappa shape index (κ2) is 11.8. The molecule has 7 nitrogen and oxygen atoms in total. The highest BCUT2D eigenvalue weighted by Crippen LogP contribution is 2.27. The maximum absolute atomic E-state index is 13.6. The predicted octanol–water partition coefficient (Wildman–Crippen LogP) is 4.89. The third kappa shape index (κ3) is 7.74. The molecule has 1 aliphatic rings. The molecule has 1 saturated carbocycles. The van der Waals surface area contributed by atoms with Crippen molar-refractivity contribution in [2.24, 2.45) is 0 Å². The van der Waals surface area contributed by atoms with Crippen molar-refractivity contribution in [3.8, 4) is 0 Å². The number of benzene rings is 2. The summed E-state index contributed by atoms with van der Waals surface area (Å²) >= 11 is 18.3. The summed E-state index contributed by atoms with van der Waals surface area (Å²) in [6.45, 7) is 1.18. The second-order valence-corrected chi connectivity index (χ2v) is 11.9. The number of halogens is 3. The molecule has 3 rings (SSSR count). The summed E-state index contributed by atoms with van der Waals surface area (Å²) in [5, 5.41) is 3.97. The van der Waals surface area contributed by atoms with Gasteiger partial charge in [0.05, 0.1) is 11.9 Å². The van der Waals surface area contributed by atoms with Gasteiger partial charge in [-0.05, 0) is 55.7 Å². The van der Waals surface area contributed by atoms with Crippen molar-refractivity contribution in [1.82, 2.24) is 10.2 Å². The van der Waals surface area contributed by atoms with Crippen molar-refractivity contribution < 1.29 is 18.0 Å². The Morgan fingerprint density at radius 3 is 2.23 bits per heavy atom. The Labute approximate surface area is 221 Å². The molecule has 2 amide bonds. The van der Waals surface area contributed by atoms with Crippen LogP contribution >= 0.6 is 34.8 Å². The Bertz CT molecular complexity index is 1170. The lowest BCUT2D eigenvalue weighted by atomic mass is 10.1. The number of hydrogen-bond acceptors (Lipinski definition) is 4. The predicted molar refractivity (Wildman–Crippen MR) is 141 cm³/mol. The zero-order valence-corrected chi connectivity index (χ0v) is 22.6. The zero-order valence-electron chi connectivity index (χ0n) is 19.5. The van der Waals surface area contributed by atoms with Gasteiger partial charge >= 0.3 is 0 Å². The molecule has 0 unspecified atom stereocenters. The Hall–Kier alpha value is -2.00. The Morgan fingerprint density at radius 2 is 1.66 bits per heavy atom. The van der Waals surface area contributed by atoms with Gasteiger partial charge in [-0.15, -0.1) is 0 Å². The normalized spacial score (nSPS) is 15.0. The fourth-order valence-electron chi connectivity index (χ4n) is 4.10. The molecule has 190 valence electrons. The van der Waals surface area contributed by atoms with Gasteiger partial charge in [-0.25, -0.2) is 8.42 Å². The minimum Gasteiger partial charge on any atom is -0.352 e. The first-order chi connectivity index (χ1) is 16.4. The molecule has 2 aromatic rings. The summed E-state index contributed by atoms with van der Waals surface area (Å²) in [6.07, 6.45) is 4.90. The summed E-state index contributed by atoms with van der Waals surface area (Å²) in [6, 6.07) is 10.5. The highest BCUT2D eigenvalue weighted by molar-refractivity contribution is 7.92. The Morgan fingerprint density at radius 1 is 1.03 bits per heavy atom. The number of amides is 2. The third-order valence-corrected chi connectivity index (χ3v) is 7.74. The maximum atomic E-state index is 13.6. The topological polar surface area (TPSA) is 86.8 Å². The first-order valence-corrected chi connectivity index (χ1v) is 14.2. The lowest BCUT2D eigenvalue weighted by molar-refractivity contribution is -0.139. The van der Waals surface area contributed by atoms with E-state index in [9.17, 15) is 18.0 Å². The van der Waals surface area contributed by atoms with Crippen molar-refractivity contribution in [3.05, 3.63) is 63.1 Å². The largest absolute Gasteiger partial charge is 0.352 e. The summed E-state index contributed by atoms with van der Waals surface area (Å²) in [4.78, 5) is 28.0. The van der Waals surface area contributed by atoms with Crippen LogP contribution in [0.1, 0.15) is 38.2 Å². The van der Waals surface area contributed by atoms with Crippen LogP contribution in [0.5, 0.6) is 0 Å². The van der Waals surface area contributed by atoms with E-state index < -0.39 is 28.5 Å². The van der Waals surface area contributed by atoms with Crippen molar-refractivity contribution >= 4 is 62.3 Å². The molecule has 0 saturated heterocycles. The van der Waals surface area contributed by atoms with Gasteiger partial charge in [-0.1, -0.05) is 59.8 Å². The van der Waals surface area contributed by atoms with Crippen LogP contribution in [0.2, 0.25) is 15.1 Å². The smallest absolute Gasteiger partial charge is 0.244 e. The molecule has 1 N–H and O–H groups in total. The molecule has 0 bridgehead atoms. The van der Waals surface area contributed by atoms with Crippen LogP contribution in [0.4, 0.5) is 5.69 Å². The third-order valence-electron chi connectivity index (χ3n) is 5.93. The number of nitrogens with one attached hydrogen (secondary N) is 1. The summed E-state index contributed by atoms with van der Waals surface area (Å²) in [7, 11) is -3.88. The number of rotatable bonds is 9. The summed E-state index contributed by atoms with van der Waals surface area (Å²) in [5.41, 5.74) is 0.868. The quantitative estimate of drug-likeness (QED) is 0.473. The van der Waals surface area contributed by atoms with Gasteiger partial charge < -0.3 is 10.2 Å². The number of carbonyl (C=O) groups is 2. The SMILES string of the molecule is C[C@@H](C(=O)NC1CCCC1)N(Cc1cccc(Cl)c1)C(=O)CN(c1cc(Cl)cc(Cl)c1)S(C)(=O)=O. The molecule has 35 heavy (non-hydrogen) atoms. The fourth-order valence-corrected chi connectivity index (χ4v) is 5.66. The van der Waals surface area contributed by atoms with Crippen LogP contribution in [0, 0.1) is 0 Å². The van der Waals surface area contributed by atoms with E-state index in [0.29, 0.717) is 10.6 Å². The lowest BCUT2D eigenvalue weighted by Crippen LogP contribution is -2.52. The molecule has 1 fully saturated rings. The minimum atomic E-state index is -3.88. The number of hydrogen-bond donors (Lipinski definition) is 1. The monoisotopic (exact) mass is 559 g/mol. The first kappa shape index (κ1) is 27.6. The molecule has 11 heteroatoms. The summed E-state index contributed by atoms with van der Waals surface area (Å²) < 4.78 is 26.2. The highest BCUT2D eigenvalue weighted by atomic mass is 35.5. The standard InChI is InChI=1S/C24H28Cl3N3O4S/c1-16(24(32)28-21-8-3-4-9-21)29(14-17-6-5-7-18(25)10-17)23(31)15-30(35(2,33)34)22-12-19(26)11-20(27)13-22/h5-7,10-13,16,21H,3-4,8-9,14-15H2,1-2H3,(H,28,32)/t16-/m0/s1. The molecule has 0 aliphatic heterocycles. The van der Waals surface area contributed by atoms with Gasteiger partial charge in [-0.3, -0.25) is 13.9 Å². The van der Waals surface area contributed by atoms with E-state index in [0.717, 1.165) is 36.2 Å². The molecule has 0 spiro atoms. The molecule has 1 aliphatic carbocycles. The number of nitrogens with zero attached hydrogens (tertiary/aromatic N) is 2. The average Bonchev–Trinajstić information content (AvgIpc) is 3.26. The minimum absolute atomic E-state index is 0.0759. The van der Waals surface area contributed by atoms with Crippen LogP contribution in [0.15, 0.2) is 42.5 Å². The van der Waals surface area contributed by atoms with Crippen LogP contribution in [0.3, 0.4) is 0 Å². The van der Waals surface area contributed by atoms with Crippen LogP contribution in [-0.4, -0.2) is 50.0 Å². The van der Waals surface area contributed by atoms with E-state index in [1.54, 1.807) is 31.2 Å². The van der Waals surface area contributed by atoms with E-state index in [4.69, 9.17) is 34.8 Å². The van der Waals surface area contributed by atoms with E-state index in [-0.39, 0.29) is 34.2 Å². The van der Waals surface area contributed by atoms with Gasteiger partial charge in [0.2, 0.25) is 21.8 Å². The number of anilines is 1. The van der Waals surface area contributed by atoms with Crippen molar-refractivity contribution in [1.29, 1.82) is 0 Å². The molecular formula is C24H28Cl3N3O4S. The van der Waals surface area contributed by atoms with E-state index in [2.05, 4.69) is 5.32 Å². The Balaban J connectivity index is 1.90. The maximum Gasteiger partial charge on any atom is 0.244 e. The van der Waals surface area contributed by atoms with E-state index >= 15 is 0 Å². The van der Waals surface area contributed by atoms with Crippen molar-refractivity contribution in [3.63, 3.8) is 0 Å².